The molecule has 5 heteroatoms. The van der Waals surface area contributed by atoms with Gasteiger partial charge in [-0.1, -0.05) is 12.1 Å². The topological polar surface area (TPSA) is 42.0 Å². The third-order valence-corrected chi connectivity index (χ3v) is 2.33. The van der Waals surface area contributed by atoms with Crippen molar-refractivity contribution >= 4 is 11.7 Å². The Bertz CT molecular complexity index is 599. The van der Waals surface area contributed by atoms with E-state index in [1.807, 2.05) is 0 Å². The molecule has 18 heavy (non-hydrogen) atoms. The minimum Gasteiger partial charge on any atom is -0.306 e. The molecule has 0 radical (unpaired) electrons. The van der Waals surface area contributed by atoms with Gasteiger partial charge < -0.3 is 5.32 Å². The molecule has 1 heterocycles. The van der Waals surface area contributed by atoms with Gasteiger partial charge in [0.1, 0.15) is 11.6 Å². The number of hydrogen-bond acceptors (Lipinski definition) is 2. The maximum atomic E-state index is 13.5. The van der Waals surface area contributed by atoms with Gasteiger partial charge in [0, 0.05) is 0 Å². The number of nitrogens with zero attached hydrogens (tertiary/aromatic N) is 1. The van der Waals surface area contributed by atoms with E-state index in [4.69, 9.17) is 0 Å². The number of pyridine rings is 1. The van der Waals surface area contributed by atoms with Crippen LogP contribution in [0.15, 0.2) is 36.4 Å². The van der Waals surface area contributed by atoms with Crippen molar-refractivity contribution in [3.05, 3.63) is 59.3 Å². The van der Waals surface area contributed by atoms with E-state index in [1.54, 1.807) is 13.0 Å². The Labute approximate surface area is 102 Å². The van der Waals surface area contributed by atoms with E-state index in [2.05, 4.69) is 10.3 Å². The standard InChI is InChI=1S/C13H10F2N2O/c1-8-5-6-9(10(14)7-8)13(18)17-12-4-2-3-11(15)16-12/h2-7H,1H3,(H,16,17,18). The van der Waals surface area contributed by atoms with Gasteiger partial charge in [0.2, 0.25) is 5.95 Å². The molecule has 0 aliphatic rings. The highest BCUT2D eigenvalue weighted by molar-refractivity contribution is 6.03. The third kappa shape index (κ3) is 2.68. The number of hydrogen-bond donors (Lipinski definition) is 1. The normalized spacial score (nSPS) is 10.2. The van der Waals surface area contributed by atoms with Crippen LogP contribution in [0.1, 0.15) is 15.9 Å². The number of rotatable bonds is 2. The first-order chi connectivity index (χ1) is 8.56. The molecule has 0 aliphatic carbocycles. The first kappa shape index (κ1) is 12.2. The summed E-state index contributed by atoms with van der Waals surface area (Å²) < 4.78 is 26.3. The first-order valence-corrected chi connectivity index (χ1v) is 5.26. The Balaban J connectivity index is 2.22. The van der Waals surface area contributed by atoms with Gasteiger partial charge in [-0.15, -0.1) is 0 Å². The number of benzene rings is 1. The summed E-state index contributed by atoms with van der Waals surface area (Å²) in [7, 11) is 0. The Morgan fingerprint density at radius 3 is 2.67 bits per heavy atom. The van der Waals surface area contributed by atoms with Gasteiger partial charge in [-0.2, -0.15) is 4.39 Å². The van der Waals surface area contributed by atoms with Crippen LogP contribution in [-0.2, 0) is 0 Å². The van der Waals surface area contributed by atoms with E-state index in [1.165, 1.54) is 24.3 Å². The van der Waals surface area contributed by atoms with Crippen molar-refractivity contribution in [1.82, 2.24) is 4.98 Å². The molecular weight excluding hydrogens is 238 g/mol. The SMILES string of the molecule is Cc1ccc(C(=O)Nc2cccc(F)n2)c(F)c1. The predicted octanol–water partition coefficient (Wildman–Crippen LogP) is 2.92. The molecule has 1 aromatic carbocycles. The lowest BCUT2D eigenvalue weighted by molar-refractivity contribution is 0.102. The van der Waals surface area contributed by atoms with E-state index in [9.17, 15) is 13.6 Å². The van der Waals surface area contributed by atoms with Crippen LogP contribution in [0.5, 0.6) is 0 Å². The van der Waals surface area contributed by atoms with Gasteiger partial charge in [0.05, 0.1) is 5.56 Å². The molecule has 0 fully saturated rings. The van der Waals surface area contributed by atoms with E-state index < -0.39 is 17.7 Å². The number of carbonyl (C=O) groups is 1. The molecule has 0 saturated heterocycles. The highest BCUT2D eigenvalue weighted by Gasteiger charge is 2.12. The Morgan fingerprint density at radius 2 is 2.00 bits per heavy atom. The maximum Gasteiger partial charge on any atom is 0.259 e. The van der Waals surface area contributed by atoms with Crippen molar-refractivity contribution in [1.29, 1.82) is 0 Å². The Hall–Kier alpha value is -2.30. The van der Waals surface area contributed by atoms with Crippen LogP contribution in [-0.4, -0.2) is 10.9 Å². The molecule has 92 valence electrons. The van der Waals surface area contributed by atoms with E-state index in [0.717, 1.165) is 6.07 Å². The van der Waals surface area contributed by atoms with Crippen molar-refractivity contribution < 1.29 is 13.6 Å². The van der Waals surface area contributed by atoms with Crippen LogP contribution in [0.4, 0.5) is 14.6 Å². The molecular formula is C13H10F2N2O. The second kappa shape index (κ2) is 4.91. The highest BCUT2D eigenvalue weighted by Crippen LogP contribution is 2.12. The summed E-state index contributed by atoms with van der Waals surface area (Å²) in [5.74, 6) is -1.95. The second-order valence-corrected chi connectivity index (χ2v) is 3.78. The summed E-state index contributed by atoms with van der Waals surface area (Å²) in [5.41, 5.74) is 0.611. The molecule has 0 saturated carbocycles. The zero-order valence-corrected chi connectivity index (χ0v) is 9.58. The van der Waals surface area contributed by atoms with E-state index in [0.29, 0.717) is 5.56 Å². The third-order valence-electron chi connectivity index (χ3n) is 2.33. The van der Waals surface area contributed by atoms with Gasteiger partial charge in [-0.3, -0.25) is 4.79 Å². The molecule has 0 spiro atoms. The monoisotopic (exact) mass is 248 g/mol. The highest BCUT2D eigenvalue weighted by atomic mass is 19.1. The summed E-state index contributed by atoms with van der Waals surface area (Å²) >= 11 is 0. The Morgan fingerprint density at radius 1 is 1.22 bits per heavy atom. The fourth-order valence-electron chi connectivity index (χ4n) is 1.47. The second-order valence-electron chi connectivity index (χ2n) is 3.78. The molecule has 1 amide bonds. The summed E-state index contributed by atoms with van der Waals surface area (Å²) in [4.78, 5) is 15.2. The zero-order chi connectivity index (χ0) is 13.1. The van der Waals surface area contributed by atoms with Crippen LogP contribution in [0.3, 0.4) is 0 Å². The minimum absolute atomic E-state index is 0.0416. The minimum atomic E-state index is -0.711. The number of nitrogens with one attached hydrogen (secondary N) is 1. The molecule has 0 unspecified atom stereocenters. The Kier molecular flexibility index (Phi) is 3.32. The largest absolute Gasteiger partial charge is 0.306 e. The molecule has 3 nitrogen and oxygen atoms in total. The smallest absolute Gasteiger partial charge is 0.259 e. The molecule has 1 aromatic heterocycles. The lowest BCUT2D eigenvalue weighted by Gasteiger charge is -2.05. The van der Waals surface area contributed by atoms with Gasteiger partial charge in [0.25, 0.3) is 5.91 Å². The predicted molar refractivity (Wildman–Crippen MR) is 63.3 cm³/mol. The van der Waals surface area contributed by atoms with Crippen LogP contribution >= 0.6 is 0 Å². The number of amides is 1. The van der Waals surface area contributed by atoms with Gasteiger partial charge in [-0.05, 0) is 36.8 Å². The lowest BCUT2D eigenvalue weighted by atomic mass is 10.1. The van der Waals surface area contributed by atoms with Crippen LogP contribution in [0.25, 0.3) is 0 Å². The van der Waals surface area contributed by atoms with E-state index in [-0.39, 0.29) is 11.4 Å². The van der Waals surface area contributed by atoms with Crippen molar-refractivity contribution in [2.45, 2.75) is 6.92 Å². The van der Waals surface area contributed by atoms with Crippen LogP contribution in [0, 0.1) is 18.7 Å². The maximum absolute atomic E-state index is 13.5. The van der Waals surface area contributed by atoms with Crippen LogP contribution < -0.4 is 5.32 Å². The molecule has 0 bridgehead atoms. The lowest BCUT2D eigenvalue weighted by Crippen LogP contribution is -2.15. The van der Waals surface area contributed by atoms with Gasteiger partial charge in [0.15, 0.2) is 0 Å². The molecule has 0 aliphatic heterocycles. The van der Waals surface area contributed by atoms with Gasteiger partial charge >= 0.3 is 0 Å². The molecule has 1 N–H and O–H groups in total. The first-order valence-electron chi connectivity index (χ1n) is 5.26. The average Bonchev–Trinajstić information content (AvgIpc) is 2.28. The quantitative estimate of drug-likeness (QED) is 0.830. The van der Waals surface area contributed by atoms with Crippen LogP contribution in [0.2, 0.25) is 0 Å². The molecule has 0 atom stereocenters. The fraction of sp³-hybridized carbons (Fsp3) is 0.0769. The van der Waals surface area contributed by atoms with Crippen molar-refractivity contribution in [2.75, 3.05) is 5.32 Å². The van der Waals surface area contributed by atoms with Gasteiger partial charge in [-0.25, -0.2) is 9.37 Å². The average molecular weight is 248 g/mol. The van der Waals surface area contributed by atoms with Crippen molar-refractivity contribution in [2.24, 2.45) is 0 Å². The number of halogens is 2. The zero-order valence-electron chi connectivity index (χ0n) is 9.58. The number of anilines is 1. The number of carbonyl (C=O) groups excluding carboxylic acids is 1. The van der Waals surface area contributed by atoms with Crippen molar-refractivity contribution in [3.8, 4) is 0 Å². The summed E-state index contributed by atoms with van der Waals surface area (Å²) in [5, 5.41) is 2.33. The summed E-state index contributed by atoms with van der Waals surface area (Å²) in [6, 6.07) is 8.24. The number of aryl methyl sites for hydroxylation is 1. The van der Waals surface area contributed by atoms with Crippen molar-refractivity contribution in [3.63, 3.8) is 0 Å². The molecule has 2 rings (SSSR count). The fourth-order valence-corrected chi connectivity index (χ4v) is 1.47. The summed E-state index contributed by atoms with van der Waals surface area (Å²) in [6.45, 7) is 1.72. The summed E-state index contributed by atoms with van der Waals surface area (Å²) in [6.07, 6.45) is 0. The number of aromatic nitrogens is 1. The molecule has 2 aromatic rings. The van der Waals surface area contributed by atoms with E-state index >= 15 is 0 Å².